The minimum Gasteiger partial charge on any atom is -0.333 e. The number of carbonyl (C=O) groups excluding carboxylic acids is 1. The highest BCUT2D eigenvalue weighted by molar-refractivity contribution is 8.14. The number of nitrogens with zero attached hydrogens (tertiary/aromatic N) is 3. The van der Waals surface area contributed by atoms with Gasteiger partial charge in [0.05, 0.1) is 6.04 Å². The number of rotatable bonds is 4. The van der Waals surface area contributed by atoms with Gasteiger partial charge in [-0.15, -0.1) is 12.4 Å². The first-order valence-corrected chi connectivity index (χ1v) is 11.6. The lowest BCUT2D eigenvalue weighted by Gasteiger charge is -2.35. The van der Waals surface area contributed by atoms with Crippen molar-refractivity contribution >= 4 is 40.9 Å². The van der Waals surface area contributed by atoms with Gasteiger partial charge in [-0.1, -0.05) is 63.4 Å². The second-order valence-corrected chi connectivity index (χ2v) is 9.88. The second kappa shape index (κ2) is 10.7. The summed E-state index contributed by atoms with van der Waals surface area (Å²) in [4.78, 5) is 21.9. The molecule has 2 unspecified atom stereocenters. The summed E-state index contributed by atoms with van der Waals surface area (Å²) in [5.41, 5.74) is 2.27. The molecule has 0 aromatic heterocycles. The fraction of sp³-hybridized carbons (Fsp3) is 0.652. The molecule has 3 rings (SSSR count). The van der Waals surface area contributed by atoms with Crippen molar-refractivity contribution in [3.8, 4) is 0 Å². The van der Waals surface area contributed by atoms with E-state index in [2.05, 4.69) is 57.0 Å². The fourth-order valence-corrected chi connectivity index (χ4v) is 5.57. The van der Waals surface area contributed by atoms with Crippen LogP contribution in [0.1, 0.15) is 77.7 Å². The van der Waals surface area contributed by atoms with Gasteiger partial charge >= 0.3 is 0 Å². The molecule has 2 atom stereocenters. The van der Waals surface area contributed by atoms with E-state index >= 15 is 0 Å². The second-order valence-electron chi connectivity index (χ2n) is 8.54. The Morgan fingerprint density at radius 3 is 2.24 bits per heavy atom. The van der Waals surface area contributed by atoms with Crippen LogP contribution in [0, 0.1) is 0 Å². The smallest absolute Gasteiger partial charge is 0.225 e. The molecule has 1 aliphatic carbocycles. The molecule has 0 spiro atoms. The predicted molar refractivity (Wildman–Crippen MR) is 128 cm³/mol. The molecule has 1 saturated heterocycles. The van der Waals surface area contributed by atoms with Crippen LogP contribution in [0.25, 0.3) is 0 Å². The Hall–Kier alpha value is -1.20. The van der Waals surface area contributed by atoms with Crippen LogP contribution in [0.2, 0.25) is 0 Å². The first-order chi connectivity index (χ1) is 13.4. The summed E-state index contributed by atoms with van der Waals surface area (Å²) in [6, 6.07) is 8.89. The topological polar surface area (TPSA) is 35.9 Å². The average molecular weight is 438 g/mol. The van der Waals surface area contributed by atoms with E-state index in [1.165, 1.54) is 44.1 Å². The Bertz CT molecular complexity index is 699. The molecule has 6 heteroatoms. The molecule has 1 aromatic rings. The molecule has 1 heterocycles. The van der Waals surface area contributed by atoms with E-state index in [9.17, 15) is 4.79 Å². The van der Waals surface area contributed by atoms with Crippen molar-refractivity contribution in [3.05, 3.63) is 29.8 Å². The monoisotopic (exact) mass is 437 g/mol. The molecule has 0 N–H and O–H groups in total. The van der Waals surface area contributed by atoms with Gasteiger partial charge in [0.1, 0.15) is 6.17 Å². The third kappa shape index (κ3) is 5.69. The molecular formula is C23H36ClN3OS. The third-order valence-corrected chi connectivity index (χ3v) is 7.19. The van der Waals surface area contributed by atoms with Crippen molar-refractivity contribution in [2.75, 3.05) is 11.9 Å². The van der Waals surface area contributed by atoms with Crippen molar-refractivity contribution in [2.45, 2.75) is 89.6 Å². The summed E-state index contributed by atoms with van der Waals surface area (Å²) in [7, 11) is 2.09. The maximum absolute atomic E-state index is 12.6. The van der Waals surface area contributed by atoms with Gasteiger partial charge in [0.2, 0.25) is 5.91 Å². The number of aliphatic imine (C=N–C) groups is 1. The SMILES string of the molecule is CC(=O)N(c1ccc(C(C)C)cc1)C1C(C)SC(=NC2CCCCCC2)N1C.Cl. The number of amides is 1. The van der Waals surface area contributed by atoms with E-state index in [1.807, 2.05) is 16.7 Å². The zero-order valence-electron chi connectivity index (χ0n) is 18.4. The van der Waals surface area contributed by atoms with Crippen LogP contribution >= 0.6 is 24.2 Å². The summed E-state index contributed by atoms with van der Waals surface area (Å²) < 4.78 is 0. The summed E-state index contributed by atoms with van der Waals surface area (Å²) in [5.74, 6) is 0.569. The summed E-state index contributed by atoms with van der Waals surface area (Å²) >= 11 is 1.81. The maximum atomic E-state index is 12.6. The summed E-state index contributed by atoms with van der Waals surface area (Å²) in [6.45, 7) is 8.26. The van der Waals surface area contributed by atoms with Crippen molar-refractivity contribution < 1.29 is 4.79 Å². The predicted octanol–water partition coefficient (Wildman–Crippen LogP) is 6.06. The number of anilines is 1. The van der Waals surface area contributed by atoms with Crippen LogP contribution in [-0.2, 0) is 4.79 Å². The van der Waals surface area contributed by atoms with Crippen molar-refractivity contribution in [1.82, 2.24) is 4.90 Å². The first kappa shape index (κ1) is 24.1. The van der Waals surface area contributed by atoms with Gasteiger partial charge in [-0.25, -0.2) is 0 Å². The highest BCUT2D eigenvalue weighted by Crippen LogP contribution is 2.36. The van der Waals surface area contributed by atoms with Crippen LogP contribution in [-0.4, -0.2) is 40.5 Å². The molecule has 2 aliphatic rings. The van der Waals surface area contributed by atoms with Crippen LogP contribution in [0.3, 0.4) is 0 Å². The quantitative estimate of drug-likeness (QED) is 0.537. The summed E-state index contributed by atoms with van der Waals surface area (Å²) in [5, 5.41) is 1.37. The van der Waals surface area contributed by atoms with Gasteiger partial charge < -0.3 is 4.90 Å². The number of thioether (sulfide) groups is 1. The van der Waals surface area contributed by atoms with Crippen molar-refractivity contribution in [3.63, 3.8) is 0 Å². The fourth-order valence-electron chi connectivity index (χ4n) is 4.33. The largest absolute Gasteiger partial charge is 0.333 e. The lowest BCUT2D eigenvalue weighted by Crippen LogP contribution is -2.50. The van der Waals surface area contributed by atoms with E-state index in [0.29, 0.717) is 12.0 Å². The van der Waals surface area contributed by atoms with E-state index < -0.39 is 0 Å². The van der Waals surface area contributed by atoms with E-state index in [-0.39, 0.29) is 29.7 Å². The van der Waals surface area contributed by atoms with Gasteiger partial charge in [0.25, 0.3) is 0 Å². The Kier molecular flexibility index (Phi) is 8.90. The van der Waals surface area contributed by atoms with Crippen molar-refractivity contribution in [1.29, 1.82) is 0 Å². The van der Waals surface area contributed by atoms with Crippen LogP contribution in [0.5, 0.6) is 0 Å². The number of carbonyl (C=O) groups is 1. The highest BCUT2D eigenvalue weighted by atomic mass is 35.5. The Morgan fingerprint density at radius 2 is 1.72 bits per heavy atom. The molecule has 2 fully saturated rings. The molecule has 4 nitrogen and oxygen atoms in total. The molecule has 162 valence electrons. The molecule has 0 radical (unpaired) electrons. The lowest BCUT2D eigenvalue weighted by atomic mass is 10.0. The number of amidine groups is 1. The normalized spacial score (nSPS) is 24.5. The Morgan fingerprint density at radius 1 is 1.14 bits per heavy atom. The van der Waals surface area contributed by atoms with Crippen molar-refractivity contribution in [2.24, 2.45) is 4.99 Å². The number of benzene rings is 1. The summed E-state index contributed by atoms with van der Waals surface area (Å²) in [6.07, 6.45) is 7.65. The molecular weight excluding hydrogens is 402 g/mol. The molecule has 0 bridgehead atoms. The van der Waals surface area contributed by atoms with Gasteiger partial charge in [0.15, 0.2) is 5.17 Å². The molecule has 29 heavy (non-hydrogen) atoms. The van der Waals surface area contributed by atoms with Gasteiger partial charge in [0, 0.05) is 24.9 Å². The third-order valence-electron chi connectivity index (χ3n) is 5.97. The number of hydrogen-bond donors (Lipinski definition) is 0. The first-order valence-electron chi connectivity index (χ1n) is 10.8. The minimum absolute atomic E-state index is 0. The van der Waals surface area contributed by atoms with Gasteiger partial charge in [-0.2, -0.15) is 0 Å². The zero-order chi connectivity index (χ0) is 20.3. The standard InChI is InChI=1S/C23H35N3OS.ClH/c1-16(2)19-12-14-21(15-13-19)26(18(4)27)22-17(3)28-23(25(22)5)24-20-10-8-6-7-9-11-20;/h12-17,20,22H,6-11H2,1-5H3;1H. The highest BCUT2D eigenvalue weighted by Gasteiger charge is 2.40. The molecule has 1 aromatic carbocycles. The zero-order valence-corrected chi connectivity index (χ0v) is 20.1. The molecule has 1 amide bonds. The van der Waals surface area contributed by atoms with Crippen LogP contribution in [0.4, 0.5) is 5.69 Å². The Balaban J connectivity index is 0.00000300. The average Bonchev–Trinajstić information content (AvgIpc) is 2.84. The molecule has 1 saturated carbocycles. The maximum Gasteiger partial charge on any atom is 0.225 e. The van der Waals surface area contributed by atoms with E-state index in [0.717, 1.165) is 10.9 Å². The lowest BCUT2D eigenvalue weighted by molar-refractivity contribution is -0.117. The number of halogens is 1. The number of hydrogen-bond acceptors (Lipinski definition) is 3. The minimum atomic E-state index is -0.00284. The Labute approximate surface area is 186 Å². The molecule has 1 aliphatic heterocycles. The van der Waals surface area contributed by atoms with Crippen LogP contribution < -0.4 is 4.90 Å². The van der Waals surface area contributed by atoms with Crippen LogP contribution in [0.15, 0.2) is 29.3 Å². The van der Waals surface area contributed by atoms with Gasteiger partial charge in [-0.3, -0.25) is 14.7 Å². The van der Waals surface area contributed by atoms with Gasteiger partial charge in [-0.05, 0) is 43.4 Å². The van der Waals surface area contributed by atoms with E-state index in [1.54, 1.807) is 6.92 Å². The van der Waals surface area contributed by atoms with E-state index in [4.69, 9.17) is 4.99 Å².